The molecule has 0 aliphatic heterocycles. The van der Waals surface area contributed by atoms with E-state index in [0.717, 1.165) is 34.7 Å². The number of aryl methyl sites for hydroxylation is 5. The highest BCUT2D eigenvalue weighted by Gasteiger charge is 2.14. The summed E-state index contributed by atoms with van der Waals surface area (Å²) in [5.41, 5.74) is 4.61. The van der Waals surface area contributed by atoms with E-state index in [1.807, 2.05) is 48.5 Å². The van der Waals surface area contributed by atoms with Crippen LogP contribution in [0.2, 0.25) is 0 Å². The number of hydrogen-bond donors (Lipinski definition) is 1. The third kappa shape index (κ3) is 9.41. The summed E-state index contributed by atoms with van der Waals surface area (Å²) in [5.74, 6) is -1.01. The van der Waals surface area contributed by atoms with Crippen LogP contribution in [0.1, 0.15) is 47.4 Å². The third-order valence-corrected chi connectivity index (χ3v) is 10.4. The second-order valence-corrected chi connectivity index (χ2v) is 14.9. The SMILES string of the molecule is CCCc1ccc2ccc(C#N)cc2c1.Cn1cnc2ncn(Cc3n[nH]c(=O)o3)c(=O)c21.Cn1cnc2ncn(Cc3nn(CCc4ccc5ccc(C#N)cc5c4)c(=O)o3)c(=O)c21. The van der Waals surface area contributed by atoms with Crippen LogP contribution in [0.3, 0.4) is 0 Å². The zero-order valence-corrected chi connectivity index (χ0v) is 35.2. The van der Waals surface area contributed by atoms with Gasteiger partial charge in [-0.3, -0.25) is 18.7 Å². The number of hydrogen-bond acceptors (Lipinski definition) is 14. The average Bonchev–Trinajstić information content (AvgIpc) is 4.11. The highest BCUT2D eigenvalue weighted by Crippen LogP contribution is 2.20. The molecule has 0 saturated heterocycles. The summed E-state index contributed by atoms with van der Waals surface area (Å²) in [6, 6.07) is 28.1. The molecule has 6 aromatic heterocycles. The van der Waals surface area contributed by atoms with Crippen LogP contribution in [0.25, 0.3) is 43.9 Å². The van der Waals surface area contributed by atoms with Gasteiger partial charge in [0.05, 0.1) is 42.5 Å². The topological polar surface area (TPSA) is 260 Å². The molecule has 0 unspecified atom stereocenters. The molecule has 0 bridgehead atoms. The minimum absolute atomic E-state index is 0.0118. The molecular formula is C45H38N14O6. The molecule has 0 spiro atoms. The summed E-state index contributed by atoms with van der Waals surface area (Å²) < 4.78 is 17.0. The van der Waals surface area contributed by atoms with Crippen LogP contribution >= 0.6 is 0 Å². The van der Waals surface area contributed by atoms with Gasteiger partial charge in [0.2, 0.25) is 11.8 Å². The van der Waals surface area contributed by atoms with E-state index in [2.05, 4.69) is 72.5 Å². The molecule has 20 nitrogen and oxygen atoms in total. The summed E-state index contributed by atoms with van der Waals surface area (Å²) in [4.78, 5) is 64.0. The van der Waals surface area contributed by atoms with Crippen molar-refractivity contribution in [1.82, 2.24) is 58.2 Å². The molecule has 0 amide bonds. The Hall–Kier alpha value is -9.04. The second-order valence-electron chi connectivity index (χ2n) is 14.9. The Morgan fingerprint density at radius 3 is 1.63 bits per heavy atom. The van der Waals surface area contributed by atoms with Crippen molar-refractivity contribution in [3.8, 4) is 12.1 Å². The Bertz CT molecular complexity index is 3700. The average molecular weight is 871 g/mol. The van der Waals surface area contributed by atoms with E-state index < -0.39 is 11.5 Å². The highest BCUT2D eigenvalue weighted by molar-refractivity contribution is 5.85. The molecule has 0 fully saturated rings. The lowest BCUT2D eigenvalue weighted by Crippen LogP contribution is -2.22. The number of nitrogens with one attached hydrogen (secondary N) is 1. The van der Waals surface area contributed by atoms with Gasteiger partial charge in [-0.15, -0.1) is 10.2 Å². The number of aromatic amines is 1. The molecule has 10 aromatic rings. The lowest BCUT2D eigenvalue weighted by molar-refractivity contribution is 0.434. The van der Waals surface area contributed by atoms with E-state index in [1.54, 1.807) is 29.3 Å². The lowest BCUT2D eigenvalue weighted by Gasteiger charge is -2.04. The van der Waals surface area contributed by atoms with Crippen LogP contribution < -0.4 is 22.6 Å². The molecule has 0 aliphatic carbocycles. The first-order valence-electron chi connectivity index (χ1n) is 20.2. The van der Waals surface area contributed by atoms with Crippen molar-refractivity contribution in [3.63, 3.8) is 0 Å². The quantitative estimate of drug-likeness (QED) is 0.214. The van der Waals surface area contributed by atoms with Gasteiger partial charge in [-0.2, -0.15) is 15.2 Å². The van der Waals surface area contributed by atoms with Crippen molar-refractivity contribution in [1.29, 1.82) is 10.5 Å². The molecule has 10 rings (SSSR count). The molecule has 4 aromatic carbocycles. The number of benzene rings is 4. The van der Waals surface area contributed by atoms with Gasteiger partial charge in [0.25, 0.3) is 11.1 Å². The van der Waals surface area contributed by atoms with Crippen LogP contribution in [0.4, 0.5) is 0 Å². The lowest BCUT2D eigenvalue weighted by atomic mass is 10.0. The number of rotatable bonds is 9. The number of aromatic nitrogens is 12. The maximum Gasteiger partial charge on any atom is 0.437 e. The largest absolute Gasteiger partial charge is 0.437 e. The molecule has 6 heterocycles. The molecular weight excluding hydrogens is 833 g/mol. The Labute approximate surface area is 366 Å². The van der Waals surface area contributed by atoms with E-state index in [4.69, 9.17) is 19.4 Å². The summed E-state index contributed by atoms with van der Waals surface area (Å²) in [7, 11) is 3.42. The number of H-pyrrole nitrogens is 1. The first kappa shape index (κ1) is 42.6. The molecule has 1 N–H and O–H groups in total. The van der Waals surface area contributed by atoms with Crippen molar-refractivity contribution in [2.24, 2.45) is 14.1 Å². The fourth-order valence-corrected chi connectivity index (χ4v) is 7.11. The normalized spacial score (nSPS) is 11.0. The van der Waals surface area contributed by atoms with E-state index in [1.165, 1.54) is 55.5 Å². The van der Waals surface area contributed by atoms with Crippen LogP contribution in [-0.2, 0) is 46.6 Å². The summed E-state index contributed by atoms with van der Waals surface area (Å²) in [5, 5.41) is 32.3. The van der Waals surface area contributed by atoms with Gasteiger partial charge in [-0.05, 0) is 69.8 Å². The molecule has 0 saturated carbocycles. The third-order valence-electron chi connectivity index (χ3n) is 10.4. The van der Waals surface area contributed by atoms with Gasteiger partial charge in [-0.1, -0.05) is 61.9 Å². The maximum absolute atomic E-state index is 12.7. The van der Waals surface area contributed by atoms with Crippen molar-refractivity contribution < 1.29 is 8.83 Å². The predicted octanol–water partition coefficient (Wildman–Crippen LogP) is 4.11. The van der Waals surface area contributed by atoms with Gasteiger partial charge in [0.15, 0.2) is 22.3 Å². The molecule has 324 valence electrons. The van der Waals surface area contributed by atoms with Crippen molar-refractivity contribution in [3.05, 3.63) is 174 Å². The van der Waals surface area contributed by atoms with Gasteiger partial charge in [0.1, 0.15) is 25.7 Å². The Kier molecular flexibility index (Phi) is 12.1. The first-order chi connectivity index (χ1) is 31.5. The van der Waals surface area contributed by atoms with Crippen LogP contribution in [-0.4, -0.2) is 58.2 Å². The van der Waals surface area contributed by atoms with Crippen molar-refractivity contribution >= 4 is 43.9 Å². The standard InChI is InChI=1S/C22H17N7O3.C14H13N.C9H8N6O3/c1-27-12-24-20-19(27)21(30)28(13-25-20)11-18-26-29(22(31)32-18)7-6-14-2-4-16-5-3-15(10-23)9-17(16)8-14;1-2-3-11-4-6-13-7-5-12(10-15)9-14(13)8-11;1-14-3-10-7-6(14)8(16)15(4-11-7)2-5-12-13-9(17)18-5/h2-5,8-9,12-13H,6-7,11H2,1H3;4-9H,2-3H2,1H3;3-4H,2H2,1H3,(H,13,17). The van der Waals surface area contributed by atoms with Crippen LogP contribution in [0.15, 0.2) is 126 Å². The zero-order chi connectivity index (χ0) is 45.6. The van der Waals surface area contributed by atoms with Gasteiger partial charge in [-0.25, -0.2) is 34.6 Å². The number of fused-ring (bicyclic) bond motifs is 4. The summed E-state index contributed by atoms with van der Waals surface area (Å²) in [6.45, 7) is 2.52. The summed E-state index contributed by atoms with van der Waals surface area (Å²) >= 11 is 0. The molecule has 0 atom stereocenters. The Morgan fingerprint density at radius 2 is 1.12 bits per heavy atom. The molecule has 20 heteroatoms. The summed E-state index contributed by atoms with van der Waals surface area (Å²) in [6.07, 6.45) is 8.55. The van der Waals surface area contributed by atoms with Crippen LogP contribution in [0.5, 0.6) is 0 Å². The fraction of sp³-hybridized carbons (Fsp3) is 0.200. The van der Waals surface area contributed by atoms with Crippen molar-refractivity contribution in [2.75, 3.05) is 0 Å². The smallest absolute Gasteiger partial charge is 0.390 e. The van der Waals surface area contributed by atoms with Crippen molar-refractivity contribution in [2.45, 2.75) is 45.8 Å². The van der Waals surface area contributed by atoms with E-state index in [-0.39, 0.29) is 36.0 Å². The fourth-order valence-electron chi connectivity index (χ4n) is 7.11. The molecule has 0 radical (unpaired) electrons. The first-order valence-corrected chi connectivity index (χ1v) is 20.2. The van der Waals surface area contributed by atoms with Gasteiger partial charge in [0, 0.05) is 14.1 Å². The number of nitrogens with zero attached hydrogens (tertiary/aromatic N) is 13. The molecule has 65 heavy (non-hydrogen) atoms. The predicted molar refractivity (Wildman–Crippen MR) is 237 cm³/mol. The monoisotopic (exact) mass is 870 g/mol. The minimum atomic E-state index is -0.660. The second kappa shape index (κ2) is 18.5. The Balaban J connectivity index is 0.000000147. The number of imidazole rings is 2. The zero-order valence-electron chi connectivity index (χ0n) is 35.2. The minimum Gasteiger partial charge on any atom is -0.390 e. The Morgan fingerprint density at radius 1 is 0.615 bits per heavy atom. The van der Waals surface area contributed by atoms with Gasteiger partial charge >= 0.3 is 11.5 Å². The van der Waals surface area contributed by atoms with E-state index in [0.29, 0.717) is 40.9 Å². The maximum atomic E-state index is 12.7. The van der Waals surface area contributed by atoms with E-state index >= 15 is 0 Å². The number of nitriles is 2. The molecule has 0 aliphatic rings. The van der Waals surface area contributed by atoms with E-state index in [9.17, 15) is 19.2 Å². The highest BCUT2D eigenvalue weighted by atomic mass is 16.4. The van der Waals surface area contributed by atoms with Gasteiger partial charge < -0.3 is 18.0 Å². The van der Waals surface area contributed by atoms with Crippen LogP contribution in [0, 0.1) is 22.7 Å².